The quantitative estimate of drug-likeness (QED) is 0.0894. The van der Waals surface area contributed by atoms with E-state index in [1.54, 1.807) is 12.1 Å². The molecule has 0 atom stereocenters. The zero-order valence-corrected chi connectivity index (χ0v) is 49.3. The average molecular weight is 1230 g/mol. The number of carbonyl (C=O) groups excluding carboxylic acids is 3. The molecule has 0 unspecified atom stereocenters. The minimum atomic E-state index is -1.19. The summed E-state index contributed by atoms with van der Waals surface area (Å²) in [5.41, 5.74) is 9.85. The predicted octanol–water partition coefficient (Wildman–Crippen LogP) is 13.6. The van der Waals surface area contributed by atoms with Gasteiger partial charge in [0, 0.05) is 73.6 Å². The van der Waals surface area contributed by atoms with Crippen LogP contribution in [0.2, 0.25) is 30.1 Å². The molecule has 0 spiro atoms. The number of anilines is 4. The molecule has 0 aliphatic carbocycles. The Hall–Kier alpha value is -5.64. The number of amides is 4. The molecule has 10 rings (SSSR count). The van der Waals surface area contributed by atoms with Crippen molar-refractivity contribution in [1.29, 1.82) is 0 Å². The van der Waals surface area contributed by atoms with E-state index in [1.165, 1.54) is 65.4 Å². The number of carboxylic acids is 1. The van der Waals surface area contributed by atoms with Crippen LogP contribution in [0.1, 0.15) is 90.9 Å². The molecule has 13 nitrogen and oxygen atoms in total. The maximum Gasteiger partial charge on any atom is 1.00 e. The van der Waals surface area contributed by atoms with Gasteiger partial charge in [-0.3, -0.25) is 19.6 Å². The number of fused-ring (bicyclic) bond motifs is 2. The first-order valence-corrected chi connectivity index (χ1v) is 27.5. The van der Waals surface area contributed by atoms with Crippen LogP contribution in [0, 0.1) is 11.6 Å². The van der Waals surface area contributed by atoms with E-state index in [0.29, 0.717) is 34.6 Å². The van der Waals surface area contributed by atoms with Crippen molar-refractivity contribution >= 4 is 128 Å². The molecule has 6 aromatic carbocycles. The van der Waals surface area contributed by atoms with E-state index in [0.717, 1.165) is 83.5 Å². The molecule has 0 saturated heterocycles. The molecule has 0 radical (unpaired) electrons. The first-order valence-electron chi connectivity index (χ1n) is 25.2. The van der Waals surface area contributed by atoms with E-state index < -0.39 is 35.6 Å². The number of rotatable bonds is 10. The van der Waals surface area contributed by atoms with E-state index in [4.69, 9.17) is 74.3 Å². The predicted molar refractivity (Wildman–Crippen MR) is 321 cm³/mol. The summed E-state index contributed by atoms with van der Waals surface area (Å²) in [6.07, 6.45) is 5.99. The van der Waals surface area contributed by atoms with Crippen molar-refractivity contribution in [2.24, 2.45) is 0 Å². The van der Waals surface area contributed by atoms with Crippen molar-refractivity contribution in [3.63, 3.8) is 0 Å². The van der Waals surface area contributed by atoms with Gasteiger partial charge in [-0.1, -0.05) is 89.2 Å². The summed E-state index contributed by atoms with van der Waals surface area (Å²) in [7, 11) is 1.26. The van der Waals surface area contributed by atoms with Gasteiger partial charge in [0.05, 0.1) is 71.1 Å². The molecule has 0 aromatic heterocycles. The first kappa shape index (κ1) is 65.5. The fraction of sp³-hybridized carbons (Fsp3) is 0.267. The maximum absolute atomic E-state index is 14.0. The molecule has 4 aliphatic rings. The standard InChI is InChI=1S/C30H27Cl3FN3O3.C29H25Cl3FN3O3.CH4.Li.H2O/c1-16(2)36-8-6-17(7-9-36)18-10-22(21-5-4-20(34)14-24(21)31)23-15-35-30(39)37(27(23)13-18)28-25(32)11-19(12-26(28)33)29(38)40-3;1-15(2)35-7-5-16(6-8-35)17-9-21(20-4-3-19(33)13-23(20)30)22-14-34-29(39)36(26(22)12-17)27-24(31)10-18(28(37)38)11-25(27)32;;;/h4-6,10-14,16H,7-9,15H2,1-3H3,(H,35,39);3-5,9-13,15H,6-8,14H2,1-2H3,(H,34,39)(H,37,38);1H4;;1H2/q;;;+1;/p-1. The average Bonchev–Trinajstić information content (AvgIpc) is 3.41. The van der Waals surface area contributed by atoms with Crippen LogP contribution in [0.3, 0.4) is 0 Å². The monoisotopic (exact) mass is 1230 g/mol. The van der Waals surface area contributed by atoms with Gasteiger partial charge in [0.25, 0.3) is 0 Å². The Morgan fingerprint density at radius 1 is 0.573 bits per heavy atom. The molecule has 6 aromatic rings. The Morgan fingerprint density at radius 2 is 0.951 bits per heavy atom. The van der Waals surface area contributed by atoms with E-state index >= 15 is 0 Å². The molecular formula is C60H57Cl6F2LiN6O7. The number of esters is 1. The summed E-state index contributed by atoms with van der Waals surface area (Å²) >= 11 is 39.4. The van der Waals surface area contributed by atoms with Gasteiger partial charge in [0.2, 0.25) is 0 Å². The van der Waals surface area contributed by atoms with E-state index in [9.17, 15) is 33.1 Å². The number of hydrogen-bond donors (Lipinski definition) is 3. The van der Waals surface area contributed by atoms with Crippen LogP contribution in [-0.2, 0) is 17.8 Å². The minimum Gasteiger partial charge on any atom is -0.870 e. The van der Waals surface area contributed by atoms with Crippen LogP contribution in [-0.4, -0.2) is 89.8 Å². The third-order valence-corrected chi connectivity index (χ3v) is 16.2. The first-order chi connectivity index (χ1) is 37.6. The van der Waals surface area contributed by atoms with Gasteiger partial charge in [-0.05, 0) is 159 Å². The van der Waals surface area contributed by atoms with Crippen LogP contribution in [0.15, 0.2) is 97.1 Å². The number of methoxy groups -OCH3 is 1. The third kappa shape index (κ3) is 13.5. The molecule has 4 N–H and O–H groups in total. The molecule has 22 heteroatoms. The number of halogens is 8. The molecular weight excluding hydrogens is 1170 g/mol. The summed E-state index contributed by atoms with van der Waals surface area (Å²) in [5, 5.41) is 15.9. The van der Waals surface area contributed by atoms with Crippen LogP contribution < -0.4 is 39.3 Å². The fourth-order valence-electron chi connectivity index (χ4n) is 10.2. The number of nitrogens with zero attached hydrogens (tertiary/aromatic N) is 4. The van der Waals surface area contributed by atoms with E-state index in [2.05, 4.69) is 60.3 Å². The Bertz CT molecular complexity index is 3520. The SMILES string of the molecule is C.CC(C)N1CC=C(c2cc(-c3ccc(F)cc3Cl)c3c(c2)N(c2c(Cl)cc(C(=O)O)cc2Cl)C(=O)NC3)CC1.COC(=O)c1cc(Cl)c(N2C(=O)NCc3c(-c4ccc(F)cc4Cl)cc(C4=CCN(C(C)C)CC4)cc32)c(Cl)c1.[Li+].[OH-]. The molecule has 0 bridgehead atoms. The van der Waals surface area contributed by atoms with Gasteiger partial charge in [-0.15, -0.1) is 0 Å². The Kier molecular flexibility index (Phi) is 21.9. The summed E-state index contributed by atoms with van der Waals surface area (Å²) in [5.74, 6) is -2.69. The zero-order valence-electron chi connectivity index (χ0n) is 44.8. The largest absolute Gasteiger partial charge is 1.00 e. The van der Waals surface area contributed by atoms with Gasteiger partial charge in [-0.2, -0.15) is 0 Å². The number of benzene rings is 6. The maximum atomic E-state index is 14.0. The fourth-order valence-corrected chi connectivity index (χ4v) is 12.1. The summed E-state index contributed by atoms with van der Waals surface area (Å²) in [4.78, 5) is 57.9. The number of aromatic carboxylic acids is 1. The number of carbonyl (C=O) groups is 4. The number of urea groups is 2. The third-order valence-electron chi connectivity index (χ3n) is 14.4. The van der Waals surface area contributed by atoms with Crippen molar-refractivity contribution < 1.29 is 62.1 Å². The van der Waals surface area contributed by atoms with Gasteiger partial charge in [0.15, 0.2) is 0 Å². The number of carboxylic acid groups (broad SMARTS) is 1. The Labute approximate surface area is 517 Å². The van der Waals surface area contributed by atoms with Crippen molar-refractivity contribution in [1.82, 2.24) is 20.4 Å². The smallest absolute Gasteiger partial charge is 0.870 e. The molecule has 0 fully saturated rings. The molecule has 0 saturated carbocycles. The van der Waals surface area contributed by atoms with Crippen molar-refractivity contribution in [3.8, 4) is 22.3 Å². The summed E-state index contributed by atoms with van der Waals surface area (Å²) < 4.78 is 32.7. The number of ether oxygens (including phenoxy) is 1. The van der Waals surface area contributed by atoms with Crippen LogP contribution in [0.5, 0.6) is 0 Å². The number of nitrogens with one attached hydrogen (secondary N) is 2. The zero-order chi connectivity index (χ0) is 56.7. The van der Waals surface area contributed by atoms with E-state index in [1.807, 2.05) is 24.3 Å². The van der Waals surface area contributed by atoms with Crippen LogP contribution >= 0.6 is 69.6 Å². The second-order valence-corrected chi connectivity index (χ2v) is 22.2. The van der Waals surface area contributed by atoms with Crippen LogP contribution in [0.25, 0.3) is 33.4 Å². The second kappa shape index (κ2) is 27.4. The summed E-state index contributed by atoms with van der Waals surface area (Å²) in [6, 6.07) is 21.7. The van der Waals surface area contributed by atoms with Gasteiger partial charge in [0.1, 0.15) is 11.6 Å². The van der Waals surface area contributed by atoms with Gasteiger partial charge < -0.3 is 26.0 Å². The minimum absolute atomic E-state index is 0. The Balaban J connectivity index is 0.000000254. The van der Waals surface area contributed by atoms with Crippen molar-refractivity contribution in [2.45, 2.75) is 73.1 Å². The van der Waals surface area contributed by atoms with Crippen molar-refractivity contribution in [2.75, 3.05) is 43.1 Å². The molecule has 4 heterocycles. The van der Waals surface area contributed by atoms with E-state index in [-0.39, 0.29) is 97.5 Å². The Morgan fingerprint density at radius 3 is 1.27 bits per heavy atom. The normalized spacial score (nSPS) is 15.1. The summed E-state index contributed by atoms with van der Waals surface area (Å²) in [6.45, 7) is 12.4. The van der Waals surface area contributed by atoms with Crippen LogP contribution in [0.4, 0.5) is 41.1 Å². The molecule has 4 amide bonds. The molecule has 82 heavy (non-hydrogen) atoms. The van der Waals surface area contributed by atoms with Gasteiger partial charge in [-0.25, -0.2) is 28.0 Å². The topological polar surface area (TPSA) is 165 Å². The molecule has 426 valence electrons. The molecule has 4 aliphatic heterocycles. The second-order valence-electron chi connectivity index (χ2n) is 19.8. The van der Waals surface area contributed by atoms with Crippen molar-refractivity contribution in [3.05, 3.63) is 172 Å². The van der Waals surface area contributed by atoms with Gasteiger partial charge >= 0.3 is 42.9 Å². The number of hydrogen-bond acceptors (Lipinski definition) is 8.